The molecule has 4 N–H and O–H groups in total. The Labute approximate surface area is 82.4 Å². The zero-order valence-corrected chi connectivity index (χ0v) is 8.04. The molecule has 0 heterocycles. The third-order valence-corrected chi connectivity index (χ3v) is 1.49. The Kier molecular flexibility index (Phi) is 8.40. The smallest absolute Gasteiger partial charge is 0.245 e. The summed E-state index contributed by atoms with van der Waals surface area (Å²) < 4.78 is 17.4. The summed E-state index contributed by atoms with van der Waals surface area (Å²) in [6, 6.07) is 0. The maximum atomic E-state index is 12.5. The highest BCUT2D eigenvalue weighted by molar-refractivity contribution is 5.76. The van der Waals surface area contributed by atoms with Gasteiger partial charge in [-0.2, -0.15) is 0 Å². The minimum Gasteiger partial charge on any atom is -0.387 e. The van der Waals surface area contributed by atoms with Crippen LogP contribution in [0.5, 0.6) is 0 Å². The lowest BCUT2D eigenvalue weighted by Gasteiger charge is -2.07. The molecule has 1 unspecified atom stereocenters. The SMILES string of the molecule is NCC(F)COCCCNC(=O)CO. The molecule has 0 saturated heterocycles. The van der Waals surface area contributed by atoms with Gasteiger partial charge in [-0.3, -0.25) is 4.79 Å². The molecule has 0 fully saturated rings. The van der Waals surface area contributed by atoms with Crippen LogP contribution in [-0.4, -0.2) is 50.1 Å². The molecule has 6 heteroatoms. The van der Waals surface area contributed by atoms with Crippen LogP contribution in [0.25, 0.3) is 0 Å². The lowest BCUT2D eigenvalue weighted by Crippen LogP contribution is -2.28. The average molecular weight is 208 g/mol. The van der Waals surface area contributed by atoms with Crippen molar-refractivity contribution in [3.05, 3.63) is 0 Å². The normalized spacial score (nSPS) is 12.5. The first-order valence-electron chi connectivity index (χ1n) is 4.50. The molecule has 0 aliphatic rings. The Bertz CT molecular complexity index is 158. The van der Waals surface area contributed by atoms with E-state index in [1.807, 2.05) is 0 Å². The zero-order chi connectivity index (χ0) is 10.8. The van der Waals surface area contributed by atoms with Crippen molar-refractivity contribution in [3.8, 4) is 0 Å². The van der Waals surface area contributed by atoms with Crippen LogP contribution in [0.4, 0.5) is 4.39 Å². The zero-order valence-electron chi connectivity index (χ0n) is 8.04. The number of aliphatic hydroxyl groups is 1. The molecule has 0 aliphatic heterocycles. The van der Waals surface area contributed by atoms with Gasteiger partial charge in [0.15, 0.2) is 0 Å². The molecule has 0 aromatic carbocycles. The van der Waals surface area contributed by atoms with E-state index in [0.717, 1.165) is 0 Å². The van der Waals surface area contributed by atoms with Crippen molar-refractivity contribution in [2.45, 2.75) is 12.6 Å². The molecule has 5 nitrogen and oxygen atoms in total. The summed E-state index contributed by atoms with van der Waals surface area (Å²) in [7, 11) is 0. The van der Waals surface area contributed by atoms with Crippen molar-refractivity contribution in [2.24, 2.45) is 5.73 Å². The molecule has 0 bridgehead atoms. The molecular weight excluding hydrogens is 191 g/mol. The number of ether oxygens (including phenoxy) is 1. The maximum Gasteiger partial charge on any atom is 0.245 e. The highest BCUT2D eigenvalue weighted by Crippen LogP contribution is 1.89. The number of aliphatic hydroxyl groups excluding tert-OH is 1. The van der Waals surface area contributed by atoms with Gasteiger partial charge < -0.3 is 20.9 Å². The Morgan fingerprint density at radius 3 is 2.93 bits per heavy atom. The summed E-state index contributed by atoms with van der Waals surface area (Å²) >= 11 is 0. The molecule has 84 valence electrons. The van der Waals surface area contributed by atoms with Crippen LogP contribution in [0.15, 0.2) is 0 Å². The van der Waals surface area contributed by atoms with Crippen LogP contribution >= 0.6 is 0 Å². The predicted octanol–water partition coefficient (Wildman–Crippen LogP) is -1.20. The highest BCUT2D eigenvalue weighted by Gasteiger charge is 2.02. The van der Waals surface area contributed by atoms with Crippen LogP contribution < -0.4 is 11.1 Å². The number of nitrogens with two attached hydrogens (primary N) is 1. The van der Waals surface area contributed by atoms with Gasteiger partial charge in [-0.1, -0.05) is 0 Å². The van der Waals surface area contributed by atoms with Gasteiger partial charge in [-0.25, -0.2) is 4.39 Å². The number of hydrogen-bond acceptors (Lipinski definition) is 4. The molecular formula is C8H17FN2O3. The van der Waals surface area contributed by atoms with E-state index in [9.17, 15) is 9.18 Å². The quantitative estimate of drug-likeness (QED) is 0.437. The second-order valence-corrected chi connectivity index (χ2v) is 2.77. The fraction of sp³-hybridized carbons (Fsp3) is 0.875. The first kappa shape index (κ1) is 13.3. The van der Waals surface area contributed by atoms with E-state index in [1.54, 1.807) is 0 Å². The lowest BCUT2D eigenvalue weighted by molar-refractivity contribution is -0.123. The summed E-state index contributed by atoms with van der Waals surface area (Å²) in [6.45, 7) is 0.220. The van der Waals surface area contributed by atoms with Crippen molar-refractivity contribution in [1.29, 1.82) is 0 Å². The number of carbonyl (C=O) groups is 1. The van der Waals surface area contributed by atoms with Gasteiger partial charge >= 0.3 is 0 Å². The van der Waals surface area contributed by atoms with Gasteiger partial charge in [0.2, 0.25) is 5.91 Å². The largest absolute Gasteiger partial charge is 0.387 e. The molecule has 0 aromatic heterocycles. The third kappa shape index (κ3) is 7.90. The Morgan fingerprint density at radius 2 is 2.36 bits per heavy atom. The minimum absolute atomic E-state index is 0.00948. The molecule has 0 aromatic rings. The van der Waals surface area contributed by atoms with Crippen molar-refractivity contribution in [2.75, 3.05) is 32.9 Å². The van der Waals surface area contributed by atoms with Crippen molar-refractivity contribution in [1.82, 2.24) is 5.32 Å². The molecule has 0 spiro atoms. The monoisotopic (exact) mass is 208 g/mol. The Hall–Kier alpha value is -0.720. The molecule has 0 saturated carbocycles. The number of rotatable bonds is 8. The van der Waals surface area contributed by atoms with Crippen molar-refractivity contribution in [3.63, 3.8) is 0 Å². The summed E-state index contributed by atoms with van der Waals surface area (Å²) in [5, 5.41) is 10.8. The number of alkyl halides is 1. The predicted molar refractivity (Wildman–Crippen MR) is 49.5 cm³/mol. The summed E-state index contributed by atoms with van der Waals surface area (Å²) in [4.78, 5) is 10.5. The molecule has 1 atom stereocenters. The third-order valence-electron chi connectivity index (χ3n) is 1.49. The van der Waals surface area contributed by atoms with Gasteiger partial charge in [-0.15, -0.1) is 0 Å². The summed E-state index contributed by atoms with van der Waals surface area (Å²) in [5.41, 5.74) is 5.03. The number of amides is 1. The topological polar surface area (TPSA) is 84.6 Å². The molecule has 0 aliphatic carbocycles. The molecule has 14 heavy (non-hydrogen) atoms. The van der Waals surface area contributed by atoms with Crippen LogP contribution in [0.3, 0.4) is 0 Å². The number of halogens is 1. The van der Waals surface area contributed by atoms with Gasteiger partial charge in [-0.05, 0) is 6.42 Å². The highest BCUT2D eigenvalue weighted by atomic mass is 19.1. The second-order valence-electron chi connectivity index (χ2n) is 2.77. The summed E-state index contributed by atoms with van der Waals surface area (Å²) in [6.07, 6.45) is -0.537. The number of hydrogen-bond donors (Lipinski definition) is 3. The Morgan fingerprint density at radius 1 is 1.64 bits per heavy atom. The van der Waals surface area contributed by atoms with Crippen LogP contribution in [0, 0.1) is 0 Å². The maximum absolute atomic E-state index is 12.5. The Balaban J connectivity index is 3.10. The summed E-state index contributed by atoms with van der Waals surface area (Å²) in [5.74, 6) is -0.421. The first-order valence-corrected chi connectivity index (χ1v) is 4.50. The molecule has 0 rings (SSSR count). The lowest BCUT2D eigenvalue weighted by atomic mass is 10.4. The van der Waals surface area contributed by atoms with Gasteiger partial charge in [0.25, 0.3) is 0 Å². The fourth-order valence-corrected chi connectivity index (χ4v) is 0.737. The molecule has 0 radical (unpaired) electrons. The van der Waals surface area contributed by atoms with Gasteiger partial charge in [0, 0.05) is 19.7 Å². The van der Waals surface area contributed by atoms with E-state index in [2.05, 4.69) is 5.32 Å². The number of nitrogens with one attached hydrogen (secondary N) is 1. The first-order chi connectivity index (χ1) is 6.70. The van der Waals surface area contributed by atoms with E-state index in [-0.39, 0.29) is 13.2 Å². The second kappa shape index (κ2) is 8.86. The van der Waals surface area contributed by atoms with E-state index in [1.165, 1.54) is 0 Å². The fourth-order valence-electron chi connectivity index (χ4n) is 0.737. The van der Waals surface area contributed by atoms with E-state index >= 15 is 0 Å². The van der Waals surface area contributed by atoms with E-state index < -0.39 is 18.7 Å². The van der Waals surface area contributed by atoms with Crippen LogP contribution in [0.1, 0.15) is 6.42 Å². The van der Waals surface area contributed by atoms with Crippen molar-refractivity contribution < 1.29 is 19.0 Å². The standard InChI is InChI=1S/C8H17FN2O3/c9-7(4-10)6-14-3-1-2-11-8(13)5-12/h7,12H,1-6,10H2,(H,11,13). The minimum atomic E-state index is -1.12. The molecule has 1 amide bonds. The van der Waals surface area contributed by atoms with E-state index in [4.69, 9.17) is 15.6 Å². The van der Waals surface area contributed by atoms with Gasteiger partial charge in [0.05, 0.1) is 6.61 Å². The van der Waals surface area contributed by atoms with Gasteiger partial charge in [0.1, 0.15) is 12.8 Å². The van der Waals surface area contributed by atoms with Crippen LogP contribution in [-0.2, 0) is 9.53 Å². The number of carbonyl (C=O) groups excluding carboxylic acids is 1. The van der Waals surface area contributed by atoms with Crippen molar-refractivity contribution >= 4 is 5.91 Å². The van der Waals surface area contributed by atoms with Crippen LogP contribution in [0.2, 0.25) is 0 Å². The average Bonchev–Trinajstić information content (AvgIpc) is 2.22. The van der Waals surface area contributed by atoms with E-state index in [0.29, 0.717) is 19.6 Å².